The Bertz CT molecular complexity index is 174. The van der Waals surface area contributed by atoms with Gasteiger partial charge in [0.15, 0.2) is 0 Å². The number of nitrogens with two attached hydrogens (primary N) is 1. The molecule has 0 aliphatic carbocycles. The third kappa shape index (κ3) is 4.97. The van der Waals surface area contributed by atoms with Crippen molar-refractivity contribution < 1.29 is 14.7 Å². The van der Waals surface area contributed by atoms with Crippen LogP contribution in [-0.4, -0.2) is 34.7 Å². The first-order chi connectivity index (χ1) is 5.57. The van der Waals surface area contributed by atoms with Gasteiger partial charge in [-0.2, -0.15) is 0 Å². The van der Waals surface area contributed by atoms with E-state index in [9.17, 15) is 9.59 Å². The van der Waals surface area contributed by atoms with Crippen LogP contribution in [0, 0.1) is 0 Å². The van der Waals surface area contributed by atoms with Crippen molar-refractivity contribution in [3.63, 3.8) is 0 Å². The fraction of sp³-hybridized carbons (Fsp3) is 0.667. The number of rotatable bonds is 4. The summed E-state index contributed by atoms with van der Waals surface area (Å²) in [6, 6.07) is -0.974. The van der Waals surface area contributed by atoms with Crippen LogP contribution in [0.25, 0.3) is 0 Å². The lowest BCUT2D eigenvalue weighted by atomic mass is 10.4. The second-order valence-corrected chi connectivity index (χ2v) is 3.07. The van der Waals surface area contributed by atoms with Gasteiger partial charge in [-0.15, -0.1) is 0 Å². The molecule has 0 bridgehead atoms. The molecule has 0 rings (SSSR count). The van der Waals surface area contributed by atoms with Crippen LogP contribution >= 0.6 is 11.8 Å². The van der Waals surface area contributed by atoms with E-state index in [1.54, 1.807) is 6.92 Å². The number of carboxylic acid groups (broad SMARTS) is 1. The zero-order chi connectivity index (χ0) is 9.56. The van der Waals surface area contributed by atoms with Gasteiger partial charge in [0.05, 0.1) is 0 Å². The molecule has 0 saturated heterocycles. The lowest BCUT2D eigenvalue weighted by Gasteiger charge is -2.04. The summed E-state index contributed by atoms with van der Waals surface area (Å²) in [7, 11) is 0. The first kappa shape index (κ1) is 11.2. The van der Waals surface area contributed by atoms with Gasteiger partial charge in [-0.3, -0.25) is 9.59 Å². The van der Waals surface area contributed by atoms with Crippen molar-refractivity contribution >= 4 is 23.0 Å². The van der Waals surface area contributed by atoms with Crippen LogP contribution in [0.2, 0.25) is 0 Å². The highest BCUT2D eigenvalue weighted by Crippen LogP contribution is 2.02. The van der Waals surface area contributed by atoms with E-state index in [0.29, 0.717) is 6.54 Å². The van der Waals surface area contributed by atoms with Crippen molar-refractivity contribution in [2.75, 3.05) is 12.3 Å². The number of amides is 1. The summed E-state index contributed by atoms with van der Waals surface area (Å²) in [5.74, 6) is -0.993. The lowest BCUT2D eigenvalue weighted by Crippen LogP contribution is -2.33. The Balaban J connectivity index is 3.54. The van der Waals surface area contributed by atoms with Crippen LogP contribution in [-0.2, 0) is 4.79 Å². The second kappa shape index (κ2) is 5.84. The average molecular weight is 192 g/mol. The highest BCUT2D eigenvalue weighted by atomic mass is 32.2. The number of thioether (sulfide) groups is 1. The van der Waals surface area contributed by atoms with Crippen molar-refractivity contribution in [3.05, 3.63) is 0 Å². The number of hydrogen-bond donors (Lipinski definition) is 3. The van der Waals surface area contributed by atoms with Gasteiger partial charge < -0.3 is 16.2 Å². The van der Waals surface area contributed by atoms with Crippen molar-refractivity contribution in [2.45, 2.75) is 13.0 Å². The molecule has 1 unspecified atom stereocenters. The van der Waals surface area contributed by atoms with Crippen molar-refractivity contribution in [2.24, 2.45) is 5.73 Å². The molecule has 0 aromatic heterocycles. The molecule has 0 heterocycles. The fourth-order valence-corrected chi connectivity index (χ4v) is 1.15. The summed E-state index contributed by atoms with van der Waals surface area (Å²) in [6.45, 7) is 2.32. The van der Waals surface area contributed by atoms with Gasteiger partial charge in [-0.1, -0.05) is 11.8 Å². The Morgan fingerprint density at radius 1 is 1.67 bits per heavy atom. The van der Waals surface area contributed by atoms with E-state index in [-0.39, 0.29) is 11.0 Å². The van der Waals surface area contributed by atoms with Crippen molar-refractivity contribution in [1.82, 2.24) is 5.32 Å². The molecule has 0 fully saturated rings. The van der Waals surface area contributed by atoms with Crippen molar-refractivity contribution in [3.8, 4) is 0 Å². The Kier molecular flexibility index (Phi) is 5.48. The lowest BCUT2D eigenvalue weighted by molar-refractivity contribution is -0.137. The summed E-state index contributed by atoms with van der Waals surface area (Å²) < 4.78 is 0. The largest absolute Gasteiger partial charge is 0.480 e. The summed E-state index contributed by atoms with van der Waals surface area (Å²) in [6.07, 6.45) is 0. The number of nitrogens with one attached hydrogen (secondary N) is 1. The molecule has 0 aromatic carbocycles. The molecular formula is C6H12N2O3S. The van der Waals surface area contributed by atoms with Gasteiger partial charge in [0.2, 0.25) is 0 Å². The van der Waals surface area contributed by atoms with Gasteiger partial charge in [-0.05, 0) is 6.92 Å². The van der Waals surface area contributed by atoms with Crippen molar-refractivity contribution in [1.29, 1.82) is 0 Å². The molecule has 6 heteroatoms. The van der Waals surface area contributed by atoms with Crippen LogP contribution in [0.5, 0.6) is 0 Å². The maximum atomic E-state index is 10.8. The molecule has 70 valence electrons. The minimum Gasteiger partial charge on any atom is -0.480 e. The normalized spacial score (nSPS) is 12.2. The second-order valence-electron chi connectivity index (χ2n) is 2.07. The third-order valence-corrected chi connectivity index (χ3v) is 1.96. The van der Waals surface area contributed by atoms with E-state index >= 15 is 0 Å². The van der Waals surface area contributed by atoms with Gasteiger partial charge in [0.1, 0.15) is 6.04 Å². The predicted molar refractivity (Wildman–Crippen MR) is 47.1 cm³/mol. The molecule has 0 radical (unpaired) electrons. The number of aliphatic carboxylic acids is 1. The Labute approximate surface area is 74.7 Å². The predicted octanol–water partition coefficient (Wildman–Crippen LogP) is -0.139. The minimum absolute atomic E-state index is 0.0984. The molecular weight excluding hydrogens is 180 g/mol. The van der Waals surface area contributed by atoms with E-state index in [1.807, 2.05) is 0 Å². The van der Waals surface area contributed by atoms with E-state index < -0.39 is 12.0 Å². The van der Waals surface area contributed by atoms with Crippen LogP contribution < -0.4 is 11.1 Å². The number of carbonyl (C=O) groups is 2. The van der Waals surface area contributed by atoms with Gasteiger partial charge in [-0.25, -0.2) is 0 Å². The minimum atomic E-state index is -1.09. The van der Waals surface area contributed by atoms with Crippen LogP contribution in [0.15, 0.2) is 0 Å². The topological polar surface area (TPSA) is 92.4 Å². The molecule has 0 saturated carbocycles. The molecule has 1 atom stereocenters. The molecule has 0 spiro atoms. The molecule has 5 nitrogen and oxygen atoms in total. The molecule has 4 N–H and O–H groups in total. The van der Waals surface area contributed by atoms with E-state index in [1.165, 1.54) is 0 Å². The summed E-state index contributed by atoms with van der Waals surface area (Å²) in [5.41, 5.74) is 5.16. The standard InChI is InChI=1S/C6H12N2O3S/c1-2-8-6(11)12-3-4(7)5(9)10/h4H,2-3,7H2,1H3,(H,8,11)(H,9,10). The Morgan fingerprint density at radius 3 is 2.67 bits per heavy atom. The Morgan fingerprint density at radius 2 is 2.25 bits per heavy atom. The maximum absolute atomic E-state index is 10.8. The van der Waals surface area contributed by atoms with E-state index in [0.717, 1.165) is 11.8 Å². The fourth-order valence-electron chi connectivity index (χ4n) is 0.432. The first-order valence-electron chi connectivity index (χ1n) is 3.47. The monoisotopic (exact) mass is 192 g/mol. The quantitative estimate of drug-likeness (QED) is 0.576. The zero-order valence-corrected chi connectivity index (χ0v) is 7.56. The van der Waals surface area contributed by atoms with E-state index in [2.05, 4.69) is 5.32 Å². The maximum Gasteiger partial charge on any atom is 0.321 e. The third-order valence-electron chi connectivity index (χ3n) is 1.03. The summed E-state index contributed by atoms with van der Waals surface area (Å²) >= 11 is 0.882. The smallest absolute Gasteiger partial charge is 0.321 e. The van der Waals surface area contributed by atoms with Gasteiger partial charge in [0, 0.05) is 12.3 Å². The number of carboxylic acids is 1. The highest BCUT2D eigenvalue weighted by molar-refractivity contribution is 8.13. The highest BCUT2D eigenvalue weighted by Gasteiger charge is 2.13. The number of hydrogen-bond acceptors (Lipinski definition) is 4. The van der Waals surface area contributed by atoms with Crippen LogP contribution in [0.4, 0.5) is 4.79 Å². The molecule has 0 aliphatic heterocycles. The molecule has 12 heavy (non-hydrogen) atoms. The van der Waals surface area contributed by atoms with Crippen LogP contribution in [0.3, 0.4) is 0 Å². The van der Waals surface area contributed by atoms with Crippen LogP contribution in [0.1, 0.15) is 6.92 Å². The summed E-state index contributed by atoms with van der Waals surface area (Å²) in [4.78, 5) is 21.0. The molecule has 0 aliphatic rings. The van der Waals surface area contributed by atoms with Gasteiger partial charge in [0.25, 0.3) is 5.24 Å². The van der Waals surface area contributed by atoms with Gasteiger partial charge >= 0.3 is 5.97 Å². The molecule has 1 amide bonds. The Hall–Kier alpha value is -0.750. The summed E-state index contributed by atoms with van der Waals surface area (Å²) in [5, 5.41) is 10.6. The first-order valence-corrected chi connectivity index (χ1v) is 4.45. The SMILES string of the molecule is CCNC(=O)SCC(N)C(=O)O. The number of carbonyl (C=O) groups excluding carboxylic acids is 1. The molecule has 0 aromatic rings. The zero-order valence-electron chi connectivity index (χ0n) is 6.74. The average Bonchev–Trinajstić information content (AvgIpc) is 2.00. The van der Waals surface area contributed by atoms with E-state index in [4.69, 9.17) is 10.8 Å².